The van der Waals surface area contributed by atoms with Crippen LogP contribution < -0.4 is 9.64 Å². The molecule has 1 aliphatic rings. The molecule has 0 bridgehead atoms. The van der Waals surface area contributed by atoms with Crippen LogP contribution >= 0.6 is 11.6 Å². The molecule has 3 heterocycles. The van der Waals surface area contributed by atoms with Crippen molar-refractivity contribution in [2.24, 2.45) is 0 Å². The minimum absolute atomic E-state index is 0.0589. The second kappa shape index (κ2) is 11.4. The van der Waals surface area contributed by atoms with Crippen LogP contribution in [0.1, 0.15) is 5.69 Å². The fraction of sp³-hybridized carbons (Fsp3) is 0.214. The molecule has 2 aromatic carbocycles. The van der Waals surface area contributed by atoms with Gasteiger partial charge < -0.3 is 19.6 Å². The molecule has 1 aliphatic heterocycles. The molecule has 4 aromatic rings. The third-order valence-corrected chi connectivity index (χ3v) is 6.85. The van der Waals surface area contributed by atoms with Gasteiger partial charge in [-0.2, -0.15) is 9.97 Å². The van der Waals surface area contributed by atoms with Gasteiger partial charge in [-0.25, -0.2) is 13.2 Å². The first-order chi connectivity index (χ1) is 19.3. The number of phenolic OH excluding ortho intramolecular Hbond substituents is 1. The van der Waals surface area contributed by atoms with Crippen molar-refractivity contribution in [3.8, 4) is 22.9 Å². The number of phenols is 1. The Morgan fingerprint density at radius 1 is 1.07 bits per heavy atom. The standard InChI is InChI=1S/C28H23ClF3N5O3/c1-2-22(39)36-10-12-37(13-11-36)27-16-15-17(29)23(24-19(31)5-3-7-21(24)38)25(32)26(16)34-28(35-27)40-14-8-20-18(30)6-4-9-33-20/h2-7,9,15,38H,1,8,10-14H2. The number of aromatic hydroxyl groups is 1. The van der Waals surface area contributed by atoms with Gasteiger partial charge >= 0.3 is 6.01 Å². The zero-order chi connectivity index (χ0) is 28.4. The Morgan fingerprint density at radius 3 is 2.52 bits per heavy atom. The summed E-state index contributed by atoms with van der Waals surface area (Å²) in [6, 6.07) is 7.55. The largest absolute Gasteiger partial charge is 0.507 e. The quantitative estimate of drug-likeness (QED) is 0.316. The van der Waals surface area contributed by atoms with E-state index in [-0.39, 0.29) is 52.1 Å². The Kier molecular flexibility index (Phi) is 7.74. The molecule has 0 aliphatic carbocycles. The summed E-state index contributed by atoms with van der Waals surface area (Å²) in [7, 11) is 0. The molecule has 12 heteroatoms. The first-order valence-electron chi connectivity index (χ1n) is 12.3. The van der Waals surface area contributed by atoms with Gasteiger partial charge in [-0.1, -0.05) is 24.2 Å². The minimum Gasteiger partial charge on any atom is -0.507 e. The lowest BCUT2D eigenvalue weighted by atomic mass is 10.0. The molecule has 5 rings (SSSR count). The summed E-state index contributed by atoms with van der Waals surface area (Å²) in [6.45, 7) is 4.91. The number of hydrogen-bond donors (Lipinski definition) is 1. The van der Waals surface area contributed by atoms with Crippen molar-refractivity contribution in [1.29, 1.82) is 0 Å². The minimum atomic E-state index is -0.979. The number of benzene rings is 2. The summed E-state index contributed by atoms with van der Waals surface area (Å²) >= 11 is 6.46. The van der Waals surface area contributed by atoms with Crippen LogP contribution in [-0.2, 0) is 11.2 Å². The van der Waals surface area contributed by atoms with Gasteiger partial charge in [0.05, 0.1) is 22.9 Å². The highest BCUT2D eigenvalue weighted by molar-refractivity contribution is 6.34. The number of carbonyl (C=O) groups is 1. The van der Waals surface area contributed by atoms with Gasteiger partial charge in [-0.05, 0) is 36.4 Å². The monoisotopic (exact) mass is 569 g/mol. The van der Waals surface area contributed by atoms with Crippen molar-refractivity contribution in [2.75, 3.05) is 37.7 Å². The number of amides is 1. The van der Waals surface area contributed by atoms with Crippen LogP contribution in [0.25, 0.3) is 22.0 Å². The van der Waals surface area contributed by atoms with Crippen LogP contribution in [0, 0.1) is 17.5 Å². The van der Waals surface area contributed by atoms with E-state index in [2.05, 4.69) is 21.5 Å². The number of ether oxygens (including phenoxy) is 1. The number of carbonyl (C=O) groups excluding carboxylic acids is 1. The maximum Gasteiger partial charge on any atom is 0.319 e. The SMILES string of the molecule is C=CC(=O)N1CCN(c2nc(OCCc3ncccc3F)nc3c(F)c(-c4c(O)cccc4F)c(Cl)cc23)CC1. The van der Waals surface area contributed by atoms with Crippen molar-refractivity contribution in [1.82, 2.24) is 19.9 Å². The molecule has 1 amide bonds. The Bertz CT molecular complexity index is 1590. The molecule has 40 heavy (non-hydrogen) atoms. The number of anilines is 1. The van der Waals surface area contributed by atoms with Gasteiger partial charge in [0.15, 0.2) is 5.82 Å². The van der Waals surface area contributed by atoms with E-state index in [1.54, 1.807) is 4.90 Å². The van der Waals surface area contributed by atoms with E-state index < -0.39 is 28.8 Å². The third kappa shape index (κ3) is 5.24. The van der Waals surface area contributed by atoms with Gasteiger partial charge in [0.1, 0.15) is 28.7 Å². The van der Waals surface area contributed by atoms with Gasteiger partial charge in [-0.15, -0.1) is 0 Å². The van der Waals surface area contributed by atoms with Crippen molar-refractivity contribution < 1.29 is 27.8 Å². The molecule has 1 N–H and O–H groups in total. The molecule has 2 aromatic heterocycles. The average molecular weight is 570 g/mol. The first-order valence-corrected chi connectivity index (χ1v) is 12.7. The molecule has 0 saturated carbocycles. The number of rotatable bonds is 7. The van der Waals surface area contributed by atoms with Crippen LogP contribution in [0.4, 0.5) is 19.0 Å². The summed E-state index contributed by atoms with van der Waals surface area (Å²) in [5.74, 6) is -2.75. The van der Waals surface area contributed by atoms with Crippen LogP contribution in [-0.4, -0.2) is 63.7 Å². The lowest BCUT2D eigenvalue weighted by Gasteiger charge is -2.35. The number of aromatic nitrogens is 3. The summed E-state index contributed by atoms with van der Waals surface area (Å²) in [6.07, 6.45) is 2.79. The summed E-state index contributed by atoms with van der Waals surface area (Å²) < 4.78 is 50.5. The predicted octanol–water partition coefficient (Wildman–Crippen LogP) is 4.92. The Balaban J connectivity index is 1.57. The second-order valence-electron chi connectivity index (χ2n) is 8.95. The molecule has 1 fully saturated rings. The first kappa shape index (κ1) is 27.2. The van der Waals surface area contributed by atoms with Crippen LogP contribution in [0.5, 0.6) is 11.8 Å². The highest BCUT2D eigenvalue weighted by atomic mass is 35.5. The topological polar surface area (TPSA) is 91.7 Å². The highest BCUT2D eigenvalue weighted by Gasteiger charge is 2.27. The smallest absolute Gasteiger partial charge is 0.319 e. The molecule has 1 saturated heterocycles. The van der Waals surface area contributed by atoms with E-state index in [9.17, 15) is 18.7 Å². The maximum absolute atomic E-state index is 16.1. The lowest BCUT2D eigenvalue weighted by molar-refractivity contribution is -0.126. The lowest BCUT2D eigenvalue weighted by Crippen LogP contribution is -2.48. The fourth-order valence-electron chi connectivity index (χ4n) is 4.56. The Labute approximate surface area is 232 Å². The molecule has 0 radical (unpaired) electrons. The molecule has 0 spiro atoms. The van der Waals surface area contributed by atoms with E-state index in [4.69, 9.17) is 16.3 Å². The Hall–Kier alpha value is -4.38. The van der Waals surface area contributed by atoms with Crippen LogP contribution in [0.15, 0.2) is 55.3 Å². The van der Waals surface area contributed by atoms with Gasteiger partial charge in [0, 0.05) is 49.7 Å². The molecular formula is C28H23ClF3N5O3. The third-order valence-electron chi connectivity index (χ3n) is 6.55. The van der Waals surface area contributed by atoms with Gasteiger partial charge in [-0.3, -0.25) is 9.78 Å². The van der Waals surface area contributed by atoms with E-state index >= 15 is 4.39 Å². The summed E-state index contributed by atoms with van der Waals surface area (Å²) in [4.78, 5) is 28.2. The van der Waals surface area contributed by atoms with E-state index in [0.717, 1.165) is 6.07 Å². The number of piperazine rings is 1. The molecule has 0 unspecified atom stereocenters. The highest BCUT2D eigenvalue weighted by Crippen LogP contribution is 2.42. The van der Waals surface area contributed by atoms with E-state index in [1.165, 1.54) is 42.6 Å². The van der Waals surface area contributed by atoms with Crippen molar-refractivity contribution in [2.45, 2.75) is 6.42 Å². The van der Waals surface area contributed by atoms with Crippen molar-refractivity contribution in [3.05, 3.63) is 83.4 Å². The zero-order valence-corrected chi connectivity index (χ0v) is 21.8. The van der Waals surface area contributed by atoms with Gasteiger partial charge in [0.25, 0.3) is 0 Å². The normalized spacial score (nSPS) is 13.5. The molecule has 206 valence electrons. The predicted molar refractivity (Wildman–Crippen MR) is 144 cm³/mol. The molecule has 8 nitrogen and oxygen atoms in total. The van der Waals surface area contributed by atoms with Crippen molar-refractivity contribution in [3.63, 3.8) is 0 Å². The van der Waals surface area contributed by atoms with Crippen molar-refractivity contribution >= 4 is 34.2 Å². The molecular weight excluding hydrogens is 547 g/mol. The summed E-state index contributed by atoms with van der Waals surface area (Å²) in [5.41, 5.74) is -0.800. The number of fused-ring (bicyclic) bond motifs is 1. The number of halogens is 4. The number of pyridine rings is 1. The number of nitrogens with zero attached hydrogens (tertiary/aromatic N) is 5. The zero-order valence-electron chi connectivity index (χ0n) is 21.1. The molecule has 0 atom stereocenters. The number of hydrogen-bond acceptors (Lipinski definition) is 7. The van der Waals surface area contributed by atoms with Gasteiger partial charge in [0.2, 0.25) is 5.91 Å². The fourth-order valence-corrected chi connectivity index (χ4v) is 4.85. The second-order valence-corrected chi connectivity index (χ2v) is 9.36. The Morgan fingerprint density at radius 2 is 1.82 bits per heavy atom. The van der Waals surface area contributed by atoms with E-state index in [1.807, 2.05) is 4.90 Å². The maximum atomic E-state index is 16.1. The van der Waals surface area contributed by atoms with E-state index in [0.29, 0.717) is 32.0 Å². The van der Waals surface area contributed by atoms with Crippen LogP contribution in [0.2, 0.25) is 5.02 Å². The van der Waals surface area contributed by atoms with Crippen LogP contribution in [0.3, 0.4) is 0 Å². The average Bonchev–Trinajstić information content (AvgIpc) is 2.95. The summed E-state index contributed by atoms with van der Waals surface area (Å²) in [5, 5.41) is 10.4.